The minimum absolute atomic E-state index is 0.00749. The van der Waals surface area contributed by atoms with Crippen LogP contribution in [0.25, 0.3) is 6.08 Å². The summed E-state index contributed by atoms with van der Waals surface area (Å²) in [6, 6.07) is 11.9. The fourth-order valence-electron chi connectivity index (χ4n) is 2.98. The third-order valence-electron chi connectivity index (χ3n) is 4.54. The van der Waals surface area contributed by atoms with Crippen LogP contribution in [0.1, 0.15) is 18.4 Å². The third-order valence-corrected chi connectivity index (χ3v) is 5.92. The van der Waals surface area contributed by atoms with Gasteiger partial charge in [0.2, 0.25) is 5.91 Å². The molecule has 0 aromatic heterocycles. The van der Waals surface area contributed by atoms with Gasteiger partial charge in [0, 0.05) is 13.0 Å². The van der Waals surface area contributed by atoms with Crippen molar-refractivity contribution in [1.29, 1.82) is 0 Å². The molecule has 2 N–H and O–H groups in total. The van der Waals surface area contributed by atoms with E-state index in [0.717, 1.165) is 5.56 Å². The highest BCUT2D eigenvalue weighted by molar-refractivity contribution is 8.26. The Bertz CT molecular complexity index is 1040. The van der Waals surface area contributed by atoms with E-state index in [1.807, 2.05) is 6.07 Å². The van der Waals surface area contributed by atoms with E-state index in [4.69, 9.17) is 21.7 Å². The molecule has 0 saturated carbocycles. The molecular weight excluding hydrogens is 436 g/mol. The molecule has 0 radical (unpaired) electrons. The van der Waals surface area contributed by atoms with Crippen molar-refractivity contribution in [2.45, 2.75) is 12.8 Å². The van der Waals surface area contributed by atoms with Crippen molar-refractivity contribution >= 4 is 51.9 Å². The smallest absolute Gasteiger partial charge is 0.266 e. The molecule has 1 saturated heterocycles. The highest BCUT2D eigenvalue weighted by Crippen LogP contribution is 2.34. The molecule has 0 aliphatic carbocycles. The Kier molecular flexibility index (Phi) is 7.54. The number of benzene rings is 2. The van der Waals surface area contributed by atoms with Gasteiger partial charge in [0.25, 0.3) is 5.91 Å². The Morgan fingerprint density at radius 3 is 2.65 bits per heavy atom. The van der Waals surface area contributed by atoms with Gasteiger partial charge in [0.1, 0.15) is 10.1 Å². The molecule has 0 bridgehead atoms. The molecule has 0 spiro atoms. The number of aromatic hydroxyl groups is 1. The van der Waals surface area contributed by atoms with Gasteiger partial charge >= 0.3 is 0 Å². The number of phenols is 1. The predicted octanol–water partition coefficient (Wildman–Crippen LogP) is 4.03. The van der Waals surface area contributed by atoms with Crippen molar-refractivity contribution in [3.05, 3.63) is 52.9 Å². The lowest BCUT2D eigenvalue weighted by atomic mass is 10.2. The summed E-state index contributed by atoms with van der Waals surface area (Å²) in [7, 11) is 3.11. The number of thiocarbonyl (C=S) groups is 1. The zero-order valence-corrected chi connectivity index (χ0v) is 18.7. The molecule has 1 fully saturated rings. The van der Waals surface area contributed by atoms with Gasteiger partial charge in [-0.1, -0.05) is 42.2 Å². The number of carbonyl (C=O) groups is 2. The number of carbonyl (C=O) groups excluding carboxylic acids is 2. The highest BCUT2D eigenvalue weighted by Gasteiger charge is 2.31. The minimum Gasteiger partial charge on any atom is -0.506 e. The SMILES string of the molecule is COc1ccc(/C=C2\SC(=S)N(CCCC(=O)Nc3ccccc3O)C2=O)cc1OC. The summed E-state index contributed by atoms with van der Waals surface area (Å²) in [6.07, 6.45) is 2.39. The summed E-state index contributed by atoms with van der Waals surface area (Å²) in [5.41, 5.74) is 1.15. The first kappa shape index (κ1) is 22.6. The van der Waals surface area contributed by atoms with Crippen molar-refractivity contribution in [1.82, 2.24) is 4.90 Å². The van der Waals surface area contributed by atoms with Gasteiger partial charge in [-0.3, -0.25) is 14.5 Å². The monoisotopic (exact) mass is 458 g/mol. The van der Waals surface area contributed by atoms with Gasteiger partial charge < -0.3 is 19.9 Å². The molecule has 9 heteroatoms. The molecule has 2 aromatic carbocycles. The Hall–Kier alpha value is -3.04. The van der Waals surface area contributed by atoms with Gasteiger partial charge in [-0.15, -0.1) is 0 Å². The molecule has 31 heavy (non-hydrogen) atoms. The number of ether oxygens (including phenoxy) is 2. The van der Waals surface area contributed by atoms with Gasteiger partial charge in [-0.25, -0.2) is 0 Å². The summed E-state index contributed by atoms with van der Waals surface area (Å²) < 4.78 is 11.0. The van der Waals surface area contributed by atoms with Crippen molar-refractivity contribution in [2.24, 2.45) is 0 Å². The largest absolute Gasteiger partial charge is 0.506 e. The van der Waals surface area contributed by atoms with E-state index in [-0.39, 0.29) is 24.0 Å². The van der Waals surface area contributed by atoms with Gasteiger partial charge in [0.15, 0.2) is 11.5 Å². The van der Waals surface area contributed by atoms with E-state index in [0.29, 0.717) is 39.4 Å². The second-order valence-electron chi connectivity index (χ2n) is 6.62. The quantitative estimate of drug-likeness (QED) is 0.351. The zero-order valence-electron chi connectivity index (χ0n) is 17.1. The van der Waals surface area contributed by atoms with Crippen LogP contribution in [-0.2, 0) is 9.59 Å². The molecule has 2 aromatic rings. The highest BCUT2D eigenvalue weighted by atomic mass is 32.2. The maximum absolute atomic E-state index is 12.8. The van der Waals surface area contributed by atoms with E-state index >= 15 is 0 Å². The average Bonchev–Trinajstić information content (AvgIpc) is 3.02. The van der Waals surface area contributed by atoms with Crippen LogP contribution in [0.2, 0.25) is 0 Å². The van der Waals surface area contributed by atoms with Crippen molar-refractivity contribution in [3.8, 4) is 17.2 Å². The van der Waals surface area contributed by atoms with Crippen molar-refractivity contribution in [3.63, 3.8) is 0 Å². The lowest BCUT2D eigenvalue weighted by Gasteiger charge is -2.14. The van der Waals surface area contributed by atoms with E-state index < -0.39 is 0 Å². The average molecular weight is 459 g/mol. The maximum Gasteiger partial charge on any atom is 0.266 e. The van der Waals surface area contributed by atoms with Crippen molar-refractivity contribution in [2.75, 3.05) is 26.1 Å². The molecule has 3 rings (SSSR count). The Balaban J connectivity index is 1.58. The van der Waals surface area contributed by atoms with Crippen LogP contribution in [0, 0.1) is 0 Å². The van der Waals surface area contributed by atoms with Crippen LogP contribution in [0.5, 0.6) is 17.2 Å². The number of nitrogens with zero attached hydrogens (tertiary/aromatic N) is 1. The Morgan fingerprint density at radius 1 is 1.19 bits per heavy atom. The molecule has 0 atom stereocenters. The van der Waals surface area contributed by atoms with Gasteiger partial charge in [-0.05, 0) is 42.3 Å². The second-order valence-corrected chi connectivity index (χ2v) is 8.29. The summed E-state index contributed by atoms with van der Waals surface area (Å²) in [6.45, 7) is 0.335. The number of nitrogens with one attached hydrogen (secondary N) is 1. The first-order valence-electron chi connectivity index (χ1n) is 9.48. The van der Waals surface area contributed by atoms with Gasteiger partial charge in [0.05, 0.1) is 24.8 Å². The molecule has 0 unspecified atom stereocenters. The molecule has 7 nitrogen and oxygen atoms in total. The van der Waals surface area contributed by atoms with Crippen molar-refractivity contribution < 1.29 is 24.2 Å². The van der Waals surface area contributed by atoms with Crippen LogP contribution in [0.15, 0.2) is 47.4 Å². The number of phenolic OH excluding ortho intramolecular Hbond substituents is 1. The van der Waals surface area contributed by atoms with Gasteiger partial charge in [-0.2, -0.15) is 0 Å². The lowest BCUT2D eigenvalue weighted by molar-refractivity contribution is -0.122. The zero-order chi connectivity index (χ0) is 22.4. The molecule has 1 aliphatic rings. The molecule has 2 amide bonds. The lowest BCUT2D eigenvalue weighted by Crippen LogP contribution is -2.29. The van der Waals surface area contributed by atoms with Crippen LogP contribution in [-0.4, -0.2) is 46.9 Å². The third kappa shape index (κ3) is 5.56. The maximum atomic E-state index is 12.8. The standard InChI is InChI=1S/C22H22N2O5S2/c1-28-17-10-9-14(12-18(17)29-2)13-19-21(27)24(22(30)31-19)11-5-8-20(26)23-15-6-3-4-7-16(15)25/h3-4,6-7,9-10,12-13,25H,5,8,11H2,1-2H3,(H,23,26)/b19-13-. The van der Waals surface area contributed by atoms with Crippen LogP contribution in [0.4, 0.5) is 5.69 Å². The summed E-state index contributed by atoms with van der Waals surface area (Å²) >= 11 is 6.58. The van der Waals surface area contributed by atoms with E-state index in [1.54, 1.807) is 50.6 Å². The molecule has 1 heterocycles. The predicted molar refractivity (Wildman–Crippen MR) is 125 cm³/mol. The number of amides is 2. The number of hydrogen-bond acceptors (Lipinski definition) is 7. The summed E-state index contributed by atoms with van der Waals surface area (Å²) in [5.74, 6) is 0.753. The summed E-state index contributed by atoms with van der Waals surface area (Å²) in [5, 5.41) is 12.4. The topological polar surface area (TPSA) is 88.1 Å². The fourth-order valence-corrected chi connectivity index (χ4v) is 4.29. The minimum atomic E-state index is -0.243. The number of methoxy groups -OCH3 is 2. The Labute approximate surface area is 190 Å². The molecule has 162 valence electrons. The van der Waals surface area contributed by atoms with E-state index in [2.05, 4.69) is 5.32 Å². The molecule has 1 aliphatic heterocycles. The number of anilines is 1. The number of rotatable bonds is 8. The first-order valence-corrected chi connectivity index (χ1v) is 10.7. The number of thioether (sulfide) groups is 1. The normalized spacial score (nSPS) is 14.8. The summed E-state index contributed by atoms with van der Waals surface area (Å²) in [4.78, 5) is 26.9. The van der Waals surface area contributed by atoms with Crippen LogP contribution in [0.3, 0.4) is 0 Å². The Morgan fingerprint density at radius 2 is 1.94 bits per heavy atom. The first-order chi connectivity index (χ1) is 14.9. The second kappa shape index (κ2) is 10.3. The van der Waals surface area contributed by atoms with Crippen LogP contribution < -0.4 is 14.8 Å². The fraction of sp³-hybridized carbons (Fsp3) is 0.227. The van der Waals surface area contributed by atoms with E-state index in [1.165, 1.54) is 22.7 Å². The van der Waals surface area contributed by atoms with Crippen LogP contribution >= 0.6 is 24.0 Å². The number of hydrogen-bond donors (Lipinski definition) is 2. The number of para-hydroxylation sites is 2. The molecular formula is C22H22N2O5S2. The van der Waals surface area contributed by atoms with E-state index in [9.17, 15) is 14.7 Å².